The molecule has 0 aromatic carbocycles. The normalized spacial score (nSPS) is 19.7. The molecule has 1 amide bonds. The molecule has 0 bridgehead atoms. The Morgan fingerprint density at radius 1 is 1.25 bits per heavy atom. The number of ether oxygens (including phenoxy) is 1. The van der Waals surface area contributed by atoms with Crippen molar-refractivity contribution in [2.75, 3.05) is 31.6 Å². The molecule has 3 heterocycles. The molecule has 28 heavy (non-hydrogen) atoms. The quantitative estimate of drug-likeness (QED) is 0.855. The number of aryl methyl sites for hydroxylation is 1. The molecule has 0 radical (unpaired) electrons. The third-order valence-corrected chi connectivity index (χ3v) is 6.22. The fourth-order valence-electron chi connectivity index (χ4n) is 4.49. The zero-order valence-corrected chi connectivity index (χ0v) is 17.0. The molecular weight excluding hydrogens is 354 g/mol. The topological polar surface area (TPSA) is 72.3 Å². The SMILES string of the molecule is CCn1ncc2c(NC(C)C3CCCCC3)c(C(=O)N3CCOCC3)cnc21. The number of fused-ring (bicyclic) bond motifs is 1. The minimum absolute atomic E-state index is 0.0280. The van der Waals surface area contributed by atoms with Crippen LogP contribution < -0.4 is 5.32 Å². The van der Waals surface area contributed by atoms with E-state index in [-0.39, 0.29) is 5.91 Å². The Labute approximate surface area is 166 Å². The number of hydrogen-bond acceptors (Lipinski definition) is 5. The highest BCUT2D eigenvalue weighted by atomic mass is 16.5. The third-order valence-electron chi connectivity index (χ3n) is 6.22. The summed E-state index contributed by atoms with van der Waals surface area (Å²) in [6.07, 6.45) is 10.0. The van der Waals surface area contributed by atoms with Gasteiger partial charge >= 0.3 is 0 Å². The summed E-state index contributed by atoms with van der Waals surface area (Å²) in [4.78, 5) is 19.7. The number of nitrogens with zero attached hydrogens (tertiary/aromatic N) is 4. The highest BCUT2D eigenvalue weighted by Gasteiger charge is 2.27. The lowest BCUT2D eigenvalue weighted by atomic mass is 9.84. The number of carbonyl (C=O) groups is 1. The lowest BCUT2D eigenvalue weighted by Crippen LogP contribution is -2.41. The maximum atomic E-state index is 13.3. The van der Waals surface area contributed by atoms with Gasteiger partial charge in [-0.2, -0.15) is 5.10 Å². The van der Waals surface area contributed by atoms with Crippen LogP contribution in [0.25, 0.3) is 11.0 Å². The van der Waals surface area contributed by atoms with Crippen LogP contribution in [0, 0.1) is 5.92 Å². The van der Waals surface area contributed by atoms with Crippen LogP contribution in [-0.4, -0.2) is 57.9 Å². The van der Waals surface area contributed by atoms with Crippen molar-refractivity contribution in [1.29, 1.82) is 0 Å². The van der Waals surface area contributed by atoms with Gasteiger partial charge in [-0.25, -0.2) is 9.67 Å². The van der Waals surface area contributed by atoms with Crippen LogP contribution in [0.15, 0.2) is 12.4 Å². The van der Waals surface area contributed by atoms with Gasteiger partial charge < -0.3 is 15.0 Å². The van der Waals surface area contributed by atoms with Crippen LogP contribution in [-0.2, 0) is 11.3 Å². The summed E-state index contributed by atoms with van der Waals surface area (Å²) in [5, 5.41) is 9.12. The molecule has 1 atom stereocenters. The largest absolute Gasteiger partial charge is 0.381 e. The molecule has 1 aliphatic heterocycles. The molecule has 1 aliphatic carbocycles. The van der Waals surface area contributed by atoms with Crippen LogP contribution >= 0.6 is 0 Å². The zero-order valence-electron chi connectivity index (χ0n) is 17.0. The van der Waals surface area contributed by atoms with E-state index in [2.05, 4.69) is 29.2 Å². The van der Waals surface area contributed by atoms with Crippen molar-refractivity contribution in [2.45, 2.75) is 58.5 Å². The van der Waals surface area contributed by atoms with Crippen molar-refractivity contribution in [3.63, 3.8) is 0 Å². The molecule has 152 valence electrons. The van der Waals surface area contributed by atoms with Gasteiger partial charge in [0, 0.05) is 31.9 Å². The number of morpholine rings is 1. The Morgan fingerprint density at radius 3 is 2.71 bits per heavy atom. The van der Waals surface area contributed by atoms with E-state index in [1.165, 1.54) is 32.1 Å². The molecule has 7 nitrogen and oxygen atoms in total. The predicted molar refractivity (Wildman–Crippen MR) is 110 cm³/mol. The first kappa shape index (κ1) is 19.2. The van der Waals surface area contributed by atoms with E-state index in [4.69, 9.17) is 4.74 Å². The molecule has 1 unspecified atom stereocenters. The average molecular weight is 386 g/mol. The number of carbonyl (C=O) groups excluding carboxylic acids is 1. The van der Waals surface area contributed by atoms with Gasteiger partial charge in [-0.1, -0.05) is 19.3 Å². The molecule has 2 fully saturated rings. The number of rotatable bonds is 5. The van der Waals surface area contributed by atoms with Crippen molar-refractivity contribution in [3.8, 4) is 0 Å². The first-order chi connectivity index (χ1) is 13.7. The fourth-order valence-corrected chi connectivity index (χ4v) is 4.49. The summed E-state index contributed by atoms with van der Waals surface area (Å²) in [7, 11) is 0. The van der Waals surface area contributed by atoms with E-state index < -0.39 is 0 Å². The Hall–Kier alpha value is -2.15. The van der Waals surface area contributed by atoms with E-state index in [1.807, 2.05) is 15.8 Å². The first-order valence-electron chi connectivity index (χ1n) is 10.7. The van der Waals surface area contributed by atoms with Crippen LogP contribution in [0.5, 0.6) is 0 Å². The summed E-state index contributed by atoms with van der Waals surface area (Å²) in [6.45, 7) is 7.50. The lowest BCUT2D eigenvalue weighted by Gasteiger charge is -2.31. The predicted octanol–water partition coefficient (Wildman–Crippen LogP) is 3.30. The molecule has 7 heteroatoms. The van der Waals surface area contributed by atoms with Crippen LogP contribution in [0.4, 0.5) is 5.69 Å². The Kier molecular flexibility index (Phi) is 5.80. The lowest BCUT2D eigenvalue weighted by molar-refractivity contribution is 0.0303. The van der Waals surface area contributed by atoms with Crippen molar-refractivity contribution >= 4 is 22.6 Å². The maximum Gasteiger partial charge on any atom is 0.257 e. The van der Waals surface area contributed by atoms with Gasteiger partial charge in [0.15, 0.2) is 5.65 Å². The minimum Gasteiger partial charge on any atom is -0.381 e. The minimum atomic E-state index is 0.0280. The van der Waals surface area contributed by atoms with Gasteiger partial charge in [-0.3, -0.25) is 4.79 Å². The van der Waals surface area contributed by atoms with Crippen molar-refractivity contribution in [3.05, 3.63) is 18.0 Å². The molecule has 2 aromatic rings. The smallest absolute Gasteiger partial charge is 0.257 e. The molecule has 1 saturated heterocycles. The number of anilines is 1. The van der Waals surface area contributed by atoms with Crippen molar-refractivity contribution in [1.82, 2.24) is 19.7 Å². The standard InChI is InChI=1S/C21H31N5O2/c1-3-26-20-17(14-23-26)19(24-15(2)16-7-5-4-6-8-16)18(13-22-20)21(27)25-9-11-28-12-10-25/h13-16H,3-12H2,1-2H3,(H,22,24). The second-order valence-corrected chi connectivity index (χ2v) is 7.98. The third kappa shape index (κ3) is 3.72. The van der Waals surface area contributed by atoms with E-state index in [0.717, 1.165) is 23.3 Å². The number of nitrogens with one attached hydrogen (secondary N) is 1. The van der Waals surface area contributed by atoms with Crippen LogP contribution in [0.3, 0.4) is 0 Å². The Bertz CT molecular complexity index is 822. The van der Waals surface area contributed by atoms with Crippen molar-refractivity contribution in [2.24, 2.45) is 5.92 Å². The van der Waals surface area contributed by atoms with E-state index in [9.17, 15) is 4.79 Å². The summed E-state index contributed by atoms with van der Waals surface area (Å²) >= 11 is 0. The number of hydrogen-bond donors (Lipinski definition) is 1. The van der Waals surface area contributed by atoms with Crippen LogP contribution in [0.1, 0.15) is 56.3 Å². The van der Waals surface area contributed by atoms with Gasteiger partial charge in [-0.05, 0) is 32.6 Å². The van der Waals surface area contributed by atoms with Gasteiger partial charge in [0.1, 0.15) is 0 Å². The maximum absolute atomic E-state index is 13.3. The highest BCUT2D eigenvalue weighted by molar-refractivity contribution is 6.06. The number of aromatic nitrogens is 3. The van der Waals surface area contributed by atoms with Crippen LogP contribution in [0.2, 0.25) is 0 Å². The number of amides is 1. The molecule has 1 N–H and O–H groups in total. The van der Waals surface area contributed by atoms with Gasteiger partial charge in [0.05, 0.1) is 36.0 Å². The monoisotopic (exact) mass is 385 g/mol. The molecule has 2 aromatic heterocycles. The van der Waals surface area contributed by atoms with E-state index >= 15 is 0 Å². The fraction of sp³-hybridized carbons (Fsp3) is 0.667. The van der Waals surface area contributed by atoms with Gasteiger partial charge in [-0.15, -0.1) is 0 Å². The summed E-state index contributed by atoms with van der Waals surface area (Å²) in [5.41, 5.74) is 2.37. The second kappa shape index (κ2) is 8.47. The summed E-state index contributed by atoms with van der Waals surface area (Å²) in [6, 6.07) is 0.312. The number of pyridine rings is 1. The van der Waals surface area contributed by atoms with Gasteiger partial charge in [0.25, 0.3) is 5.91 Å². The Morgan fingerprint density at radius 2 is 2.00 bits per heavy atom. The Balaban J connectivity index is 1.69. The van der Waals surface area contributed by atoms with Crippen molar-refractivity contribution < 1.29 is 9.53 Å². The summed E-state index contributed by atoms with van der Waals surface area (Å²) < 4.78 is 7.29. The highest BCUT2D eigenvalue weighted by Crippen LogP contribution is 2.32. The van der Waals surface area contributed by atoms with E-state index in [0.29, 0.717) is 43.8 Å². The van der Waals surface area contributed by atoms with E-state index in [1.54, 1.807) is 6.20 Å². The average Bonchev–Trinajstić information content (AvgIpc) is 3.18. The molecule has 2 aliphatic rings. The molecule has 1 saturated carbocycles. The second-order valence-electron chi connectivity index (χ2n) is 7.98. The summed E-state index contributed by atoms with van der Waals surface area (Å²) in [5.74, 6) is 0.671. The van der Waals surface area contributed by atoms with Gasteiger partial charge in [0.2, 0.25) is 0 Å². The first-order valence-corrected chi connectivity index (χ1v) is 10.7. The molecule has 0 spiro atoms. The zero-order chi connectivity index (χ0) is 19.5. The molecule has 4 rings (SSSR count). The molecular formula is C21H31N5O2.